The van der Waals surface area contributed by atoms with Crippen LogP contribution >= 0.6 is 0 Å². The van der Waals surface area contributed by atoms with Crippen molar-refractivity contribution in [1.29, 1.82) is 0 Å². The van der Waals surface area contributed by atoms with Gasteiger partial charge in [0, 0.05) is 5.69 Å². The molecule has 0 atom stereocenters. The van der Waals surface area contributed by atoms with Crippen LogP contribution < -0.4 is 0 Å². The Morgan fingerprint density at radius 1 is 0.944 bits per heavy atom. The molecule has 0 aliphatic rings. The largest absolute Gasteiger partial charge is 0.478 e. The van der Waals surface area contributed by atoms with Gasteiger partial charge >= 0.3 is 11.9 Å². The Morgan fingerprint density at radius 2 is 1.50 bits per heavy atom. The van der Waals surface area contributed by atoms with Crippen LogP contribution in [0.25, 0.3) is 0 Å². The monoisotopic (exact) mass is 251 g/mol. The SMILES string of the molecule is CCc1nc(C(=O)O)c(C(=O)O)c(CC)c1CC. The predicted octanol–water partition coefficient (Wildman–Crippen LogP) is 2.17. The first-order valence-electron chi connectivity index (χ1n) is 5.98. The smallest absolute Gasteiger partial charge is 0.355 e. The molecule has 98 valence electrons. The summed E-state index contributed by atoms with van der Waals surface area (Å²) in [6.45, 7) is 5.63. The number of carbonyl (C=O) groups is 2. The summed E-state index contributed by atoms with van der Waals surface area (Å²) in [7, 11) is 0. The number of nitrogens with zero attached hydrogens (tertiary/aromatic N) is 1. The maximum atomic E-state index is 11.3. The van der Waals surface area contributed by atoms with Crippen LogP contribution in [0.5, 0.6) is 0 Å². The van der Waals surface area contributed by atoms with Gasteiger partial charge < -0.3 is 10.2 Å². The van der Waals surface area contributed by atoms with Crippen molar-refractivity contribution in [1.82, 2.24) is 4.98 Å². The first-order chi connectivity index (χ1) is 8.47. The average molecular weight is 251 g/mol. The van der Waals surface area contributed by atoms with Crippen LogP contribution in [0.15, 0.2) is 0 Å². The molecule has 1 aromatic heterocycles. The number of carboxylic acids is 2. The second-order valence-electron chi connectivity index (χ2n) is 3.91. The zero-order valence-corrected chi connectivity index (χ0v) is 10.8. The van der Waals surface area contributed by atoms with E-state index in [4.69, 9.17) is 5.11 Å². The maximum Gasteiger partial charge on any atom is 0.355 e. The van der Waals surface area contributed by atoms with Crippen molar-refractivity contribution in [3.8, 4) is 0 Å². The molecule has 0 aliphatic carbocycles. The van der Waals surface area contributed by atoms with Crippen LogP contribution in [0, 0.1) is 0 Å². The van der Waals surface area contributed by atoms with E-state index in [2.05, 4.69) is 4.98 Å². The highest BCUT2D eigenvalue weighted by atomic mass is 16.4. The van der Waals surface area contributed by atoms with Crippen molar-refractivity contribution >= 4 is 11.9 Å². The third kappa shape index (κ3) is 2.34. The Balaban J connectivity index is 3.74. The topological polar surface area (TPSA) is 87.5 Å². The average Bonchev–Trinajstić information content (AvgIpc) is 2.35. The number of aromatic nitrogens is 1. The summed E-state index contributed by atoms with van der Waals surface area (Å²) in [5.74, 6) is -2.52. The highest BCUT2D eigenvalue weighted by molar-refractivity contribution is 6.01. The summed E-state index contributed by atoms with van der Waals surface area (Å²) in [5.41, 5.74) is 1.61. The van der Waals surface area contributed by atoms with E-state index in [0.29, 0.717) is 30.5 Å². The van der Waals surface area contributed by atoms with Gasteiger partial charge in [-0.1, -0.05) is 20.8 Å². The lowest BCUT2D eigenvalue weighted by Crippen LogP contribution is -2.18. The van der Waals surface area contributed by atoms with E-state index in [0.717, 1.165) is 5.56 Å². The zero-order chi connectivity index (χ0) is 13.9. The zero-order valence-electron chi connectivity index (χ0n) is 10.8. The lowest BCUT2D eigenvalue weighted by molar-refractivity contribution is 0.0645. The van der Waals surface area contributed by atoms with E-state index in [1.54, 1.807) is 0 Å². The van der Waals surface area contributed by atoms with Gasteiger partial charge in [0.25, 0.3) is 0 Å². The Kier molecular flexibility index (Phi) is 4.42. The Bertz CT molecular complexity index is 494. The molecule has 0 aliphatic heterocycles. The molecular weight excluding hydrogens is 234 g/mol. The van der Waals surface area contributed by atoms with E-state index >= 15 is 0 Å². The maximum absolute atomic E-state index is 11.3. The molecule has 0 radical (unpaired) electrons. The molecule has 0 saturated carbocycles. The summed E-state index contributed by atoms with van der Waals surface area (Å²) in [4.78, 5) is 26.4. The first kappa shape index (κ1) is 14.2. The molecular formula is C13H17NO4. The number of hydrogen-bond acceptors (Lipinski definition) is 3. The van der Waals surface area contributed by atoms with Crippen LogP contribution in [-0.2, 0) is 19.3 Å². The second-order valence-corrected chi connectivity index (χ2v) is 3.91. The van der Waals surface area contributed by atoms with E-state index in [1.807, 2.05) is 20.8 Å². The minimum Gasteiger partial charge on any atom is -0.478 e. The molecule has 1 heterocycles. The van der Waals surface area contributed by atoms with Gasteiger partial charge in [0.2, 0.25) is 0 Å². The molecule has 1 aromatic rings. The van der Waals surface area contributed by atoms with Gasteiger partial charge in [-0.3, -0.25) is 0 Å². The van der Waals surface area contributed by atoms with Crippen LogP contribution in [0.3, 0.4) is 0 Å². The minimum atomic E-state index is -1.29. The van der Waals surface area contributed by atoms with Gasteiger partial charge in [-0.2, -0.15) is 0 Å². The molecule has 0 bridgehead atoms. The summed E-state index contributed by atoms with van der Waals surface area (Å²) in [6, 6.07) is 0. The number of pyridine rings is 1. The van der Waals surface area contributed by atoms with Crippen LogP contribution in [0.2, 0.25) is 0 Å². The number of hydrogen-bond donors (Lipinski definition) is 2. The van der Waals surface area contributed by atoms with E-state index < -0.39 is 11.9 Å². The van der Waals surface area contributed by atoms with E-state index in [-0.39, 0.29) is 11.3 Å². The number of aryl methyl sites for hydroxylation is 1. The van der Waals surface area contributed by atoms with Crippen molar-refractivity contribution in [3.05, 3.63) is 28.1 Å². The second kappa shape index (κ2) is 5.62. The lowest BCUT2D eigenvalue weighted by Gasteiger charge is -2.15. The standard InChI is InChI=1S/C13H17NO4/c1-4-7-8(5-2)10(12(15)16)11(13(17)18)14-9(7)6-3/h4-6H2,1-3H3,(H,15,16)(H,17,18). The van der Waals surface area contributed by atoms with Crippen molar-refractivity contribution in [2.24, 2.45) is 0 Å². The molecule has 0 fully saturated rings. The number of aromatic carboxylic acids is 2. The quantitative estimate of drug-likeness (QED) is 0.837. The normalized spacial score (nSPS) is 10.4. The van der Waals surface area contributed by atoms with Crippen molar-refractivity contribution in [3.63, 3.8) is 0 Å². The molecule has 0 amide bonds. The summed E-state index contributed by atoms with van der Waals surface area (Å²) < 4.78 is 0. The third-order valence-corrected chi connectivity index (χ3v) is 2.96. The fraction of sp³-hybridized carbons (Fsp3) is 0.462. The molecule has 0 unspecified atom stereocenters. The van der Waals surface area contributed by atoms with Crippen LogP contribution in [-0.4, -0.2) is 27.1 Å². The lowest BCUT2D eigenvalue weighted by atomic mass is 9.93. The van der Waals surface area contributed by atoms with Gasteiger partial charge in [0.15, 0.2) is 5.69 Å². The molecule has 18 heavy (non-hydrogen) atoms. The molecule has 0 saturated heterocycles. The molecule has 1 rings (SSSR count). The van der Waals surface area contributed by atoms with Gasteiger partial charge in [0.05, 0.1) is 5.56 Å². The fourth-order valence-electron chi connectivity index (χ4n) is 2.21. The van der Waals surface area contributed by atoms with Crippen LogP contribution in [0.1, 0.15) is 58.4 Å². The van der Waals surface area contributed by atoms with Crippen molar-refractivity contribution in [2.45, 2.75) is 40.0 Å². The minimum absolute atomic E-state index is 0.168. The van der Waals surface area contributed by atoms with Gasteiger partial charge in [0.1, 0.15) is 0 Å². The molecule has 0 spiro atoms. The van der Waals surface area contributed by atoms with E-state index in [1.165, 1.54) is 0 Å². The van der Waals surface area contributed by atoms with Gasteiger partial charge in [-0.05, 0) is 30.4 Å². The Morgan fingerprint density at radius 3 is 1.83 bits per heavy atom. The molecule has 5 nitrogen and oxygen atoms in total. The third-order valence-electron chi connectivity index (χ3n) is 2.96. The highest BCUT2D eigenvalue weighted by Gasteiger charge is 2.25. The molecule has 2 N–H and O–H groups in total. The van der Waals surface area contributed by atoms with Crippen molar-refractivity contribution < 1.29 is 19.8 Å². The number of carboxylic acid groups (broad SMARTS) is 2. The summed E-state index contributed by atoms with van der Waals surface area (Å²) in [6.07, 6.45) is 1.73. The highest BCUT2D eigenvalue weighted by Crippen LogP contribution is 2.23. The summed E-state index contributed by atoms with van der Waals surface area (Å²) in [5, 5.41) is 18.3. The predicted molar refractivity (Wildman–Crippen MR) is 66.3 cm³/mol. The molecule has 5 heteroatoms. The molecule has 0 aromatic carbocycles. The Labute approximate surface area is 105 Å². The number of rotatable bonds is 5. The van der Waals surface area contributed by atoms with Gasteiger partial charge in [-0.25, -0.2) is 14.6 Å². The Hall–Kier alpha value is -1.91. The van der Waals surface area contributed by atoms with Gasteiger partial charge in [-0.15, -0.1) is 0 Å². The fourth-order valence-corrected chi connectivity index (χ4v) is 2.21. The van der Waals surface area contributed by atoms with Crippen molar-refractivity contribution in [2.75, 3.05) is 0 Å². The van der Waals surface area contributed by atoms with Crippen LogP contribution in [0.4, 0.5) is 0 Å². The summed E-state index contributed by atoms with van der Waals surface area (Å²) >= 11 is 0. The first-order valence-corrected chi connectivity index (χ1v) is 5.98. The van der Waals surface area contributed by atoms with E-state index in [9.17, 15) is 14.7 Å².